The van der Waals surface area contributed by atoms with Crippen molar-refractivity contribution in [1.29, 1.82) is 0 Å². The zero-order valence-corrected chi connectivity index (χ0v) is 10.9. The van der Waals surface area contributed by atoms with Crippen LogP contribution in [0.15, 0.2) is 24.3 Å². The van der Waals surface area contributed by atoms with Crippen molar-refractivity contribution < 1.29 is 14.4 Å². The SMILES string of the molecule is COC1(CNc2ccccc2[N+](=O)[O-])CCOCC1. The summed E-state index contributed by atoms with van der Waals surface area (Å²) in [6.45, 7) is 1.86. The molecule has 1 saturated heterocycles. The Hall–Kier alpha value is -1.66. The van der Waals surface area contributed by atoms with Gasteiger partial charge in [0.1, 0.15) is 5.69 Å². The van der Waals surface area contributed by atoms with Gasteiger partial charge in [-0.25, -0.2) is 0 Å². The second kappa shape index (κ2) is 5.99. The summed E-state index contributed by atoms with van der Waals surface area (Å²) in [4.78, 5) is 10.6. The highest BCUT2D eigenvalue weighted by molar-refractivity contribution is 5.61. The first-order valence-electron chi connectivity index (χ1n) is 6.27. The first-order chi connectivity index (χ1) is 9.17. The Morgan fingerprint density at radius 3 is 2.74 bits per heavy atom. The summed E-state index contributed by atoms with van der Waals surface area (Å²) in [5.41, 5.74) is 0.304. The van der Waals surface area contributed by atoms with E-state index in [1.807, 2.05) is 0 Å². The minimum Gasteiger partial charge on any atom is -0.381 e. The summed E-state index contributed by atoms with van der Waals surface area (Å²) in [5, 5.41) is 14.1. The van der Waals surface area contributed by atoms with E-state index in [1.165, 1.54) is 6.07 Å². The van der Waals surface area contributed by atoms with Crippen LogP contribution in [0.2, 0.25) is 0 Å². The molecule has 6 nitrogen and oxygen atoms in total. The van der Waals surface area contributed by atoms with Gasteiger partial charge in [0.25, 0.3) is 5.69 Å². The van der Waals surface area contributed by atoms with Crippen LogP contribution in [-0.4, -0.2) is 37.4 Å². The molecule has 1 N–H and O–H groups in total. The Morgan fingerprint density at radius 2 is 2.11 bits per heavy atom. The van der Waals surface area contributed by atoms with Gasteiger partial charge in [-0.15, -0.1) is 0 Å². The second-order valence-corrected chi connectivity index (χ2v) is 4.63. The molecule has 0 radical (unpaired) electrons. The lowest BCUT2D eigenvalue weighted by atomic mass is 9.94. The summed E-state index contributed by atoms with van der Waals surface area (Å²) < 4.78 is 10.9. The van der Waals surface area contributed by atoms with E-state index in [2.05, 4.69) is 5.32 Å². The van der Waals surface area contributed by atoms with E-state index in [0.717, 1.165) is 12.8 Å². The highest BCUT2D eigenvalue weighted by atomic mass is 16.6. The van der Waals surface area contributed by atoms with E-state index in [1.54, 1.807) is 25.3 Å². The van der Waals surface area contributed by atoms with Crippen molar-refractivity contribution in [3.8, 4) is 0 Å². The van der Waals surface area contributed by atoms with Gasteiger partial charge >= 0.3 is 0 Å². The van der Waals surface area contributed by atoms with E-state index >= 15 is 0 Å². The monoisotopic (exact) mass is 266 g/mol. The van der Waals surface area contributed by atoms with Crippen molar-refractivity contribution in [2.24, 2.45) is 0 Å². The molecule has 1 fully saturated rings. The number of hydrogen-bond acceptors (Lipinski definition) is 5. The molecular weight excluding hydrogens is 248 g/mol. The fourth-order valence-electron chi connectivity index (χ4n) is 2.24. The fraction of sp³-hybridized carbons (Fsp3) is 0.538. The highest BCUT2D eigenvalue weighted by Crippen LogP contribution is 2.28. The minimum atomic E-state index is -0.383. The average Bonchev–Trinajstić information content (AvgIpc) is 2.46. The van der Waals surface area contributed by atoms with Crippen molar-refractivity contribution in [3.63, 3.8) is 0 Å². The number of methoxy groups -OCH3 is 1. The van der Waals surface area contributed by atoms with Gasteiger partial charge in [-0.1, -0.05) is 12.1 Å². The van der Waals surface area contributed by atoms with E-state index in [4.69, 9.17) is 9.47 Å². The van der Waals surface area contributed by atoms with E-state index in [0.29, 0.717) is 25.4 Å². The summed E-state index contributed by atoms with van der Waals surface area (Å²) in [6, 6.07) is 6.63. The Bertz CT molecular complexity index is 444. The van der Waals surface area contributed by atoms with E-state index < -0.39 is 0 Å². The first-order valence-corrected chi connectivity index (χ1v) is 6.27. The molecule has 1 aliphatic heterocycles. The number of nitro groups is 1. The van der Waals surface area contributed by atoms with Gasteiger partial charge < -0.3 is 14.8 Å². The first kappa shape index (κ1) is 13.8. The van der Waals surface area contributed by atoms with Gasteiger partial charge in [-0.2, -0.15) is 0 Å². The third kappa shape index (κ3) is 3.21. The Kier molecular flexibility index (Phi) is 4.34. The molecule has 1 aliphatic rings. The highest BCUT2D eigenvalue weighted by Gasteiger charge is 2.32. The predicted octanol–water partition coefficient (Wildman–Crippen LogP) is 2.20. The number of para-hydroxylation sites is 2. The van der Waals surface area contributed by atoms with E-state index in [9.17, 15) is 10.1 Å². The minimum absolute atomic E-state index is 0.0841. The summed E-state index contributed by atoms with van der Waals surface area (Å²) >= 11 is 0. The number of rotatable bonds is 5. The maximum atomic E-state index is 10.9. The molecule has 2 rings (SSSR count). The molecule has 0 saturated carbocycles. The quantitative estimate of drug-likeness (QED) is 0.653. The Labute approximate surface area is 111 Å². The van der Waals surface area contributed by atoms with Crippen LogP contribution < -0.4 is 5.32 Å². The molecule has 19 heavy (non-hydrogen) atoms. The predicted molar refractivity (Wildman–Crippen MR) is 71.4 cm³/mol. The van der Waals surface area contributed by atoms with Crippen LogP contribution in [0.1, 0.15) is 12.8 Å². The number of ether oxygens (including phenoxy) is 2. The molecule has 1 heterocycles. The van der Waals surface area contributed by atoms with Crippen molar-refractivity contribution in [2.45, 2.75) is 18.4 Å². The average molecular weight is 266 g/mol. The standard InChI is InChI=1S/C13H18N2O4/c1-18-13(6-8-19-9-7-13)10-14-11-4-2-3-5-12(11)15(16)17/h2-5,14H,6-10H2,1H3. The summed E-state index contributed by atoms with van der Waals surface area (Å²) in [7, 11) is 1.67. The topological polar surface area (TPSA) is 73.6 Å². The van der Waals surface area contributed by atoms with Gasteiger partial charge in [-0.05, 0) is 6.07 Å². The molecular formula is C13H18N2O4. The lowest BCUT2D eigenvalue weighted by molar-refractivity contribution is -0.384. The summed E-state index contributed by atoms with van der Waals surface area (Å²) in [6.07, 6.45) is 1.58. The Morgan fingerprint density at radius 1 is 1.42 bits per heavy atom. The molecule has 0 bridgehead atoms. The van der Waals surface area contributed by atoms with Crippen LogP contribution >= 0.6 is 0 Å². The lowest BCUT2D eigenvalue weighted by Gasteiger charge is -2.36. The molecule has 0 aliphatic carbocycles. The number of anilines is 1. The molecule has 0 aromatic heterocycles. The Balaban J connectivity index is 2.07. The maximum Gasteiger partial charge on any atom is 0.292 e. The second-order valence-electron chi connectivity index (χ2n) is 4.63. The molecule has 0 unspecified atom stereocenters. The fourth-order valence-corrected chi connectivity index (χ4v) is 2.24. The van der Waals surface area contributed by atoms with E-state index in [-0.39, 0.29) is 16.2 Å². The van der Waals surface area contributed by atoms with Crippen LogP contribution in [0.5, 0.6) is 0 Å². The molecule has 0 atom stereocenters. The van der Waals surface area contributed by atoms with Gasteiger partial charge in [0.05, 0.1) is 10.5 Å². The number of benzene rings is 1. The lowest BCUT2D eigenvalue weighted by Crippen LogP contribution is -2.44. The van der Waals surface area contributed by atoms with Crippen molar-refractivity contribution in [3.05, 3.63) is 34.4 Å². The van der Waals surface area contributed by atoms with Crippen LogP contribution in [0.4, 0.5) is 11.4 Å². The number of nitrogens with zero attached hydrogens (tertiary/aromatic N) is 1. The molecule has 0 spiro atoms. The van der Waals surface area contributed by atoms with Gasteiger partial charge in [0, 0.05) is 45.8 Å². The van der Waals surface area contributed by atoms with Crippen LogP contribution in [0, 0.1) is 10.1 Å². The van der Waals surface area contributed by atoms with Gasteiger partial charge in [0.15, 0.2) is 0 Å². The van der Waals surface area contributed by atoms with Crippen molar-refractivity contribution in [1.82, 2.24) is 0 Å². The van der Waals surface area contributed by atoms with Gasteiger partial charge in [-0.3, -0.25) is 10.1 Å². The van der Waals surface area contributed by atoms with Gasteiger partial charge in [0.2, 0.25) is 0 Å². The molecule has 0 amide bonds. The smallest absolute Gasteiger partial charge is 0.292 e. The number of hydrogen-bond donors (Lipinski definition) is 1. The van der Waals surface area contributed by atoms with Crippen molar-refractivity contribution in [2.75, 3.05) is 32.2 Å². The zero-order valence-electron chi connectivity index (χ0n) is 10.9. The molecule has 104 valence electrons. The van der Waals surface area contributed by atoms with Crippen LogP contribution in [0.3, 0.4) is 0 Å². The van der Waals surface area contributed by atoms with Crippen LogP contribution in [-0.2, 0) is 9.47 Å². The van der Waals surface area contributed by atoms with Crippen LogP contribution in [0.25, 0.3) is 0 Å². The largest absolute Gasteiger partial charge is 0.381 e. The summed E-state index contributed by atoms with van der Waals surface area (Å²) in [5.74, 6) is 0. The third-order valence-corrected chi connectivity index (χ3v) is 3.54. The molecule has 1 aromatic carbocycles. The zero-order chi connectivity index (χ0) is 13.7. The normalized spacial score (nSPS) is 17.9. The number of nitro benzene ring substituents is 1. The molecule has 1 aromatic rings. The molecule has 6 heteroatoms. The third-order valence-electron chi connectivity index (χ3n) is 3.54. The maximum absolute atomic E-state index is 10.9. The van der Waals surface area contributed by atoms with Crippen molar-refractivity contribution >= 4 is 11.4 Å². The number of nitrogens with one attached hydrogen (secondary N) is 1.